The standard InChI is InChI=1S/C19H14F2N2O2S/c20-13-5-11(6-14(21)8-13)9-23-10-12(15-3-1-2-4-16(15)23)7-17-18(24)22-19(25)26-17/h1-6,8,10,17H,7,9H2,(H,22,24,25). The van der Waals surface area contributed by atoms with Crippen molar-refractivity contribution in [2.75, 3.05) is 0 Å². The van der Waals surface area contributed by atoms with Gasteiger partial charge < -0.3 is 4.57 Å². The van der Waals surface area contributed by atoms with Crippen molar-refractivity contribution in [3.8, 4) is 0 Å². The SMILES string of the molecule is O=C1NC(=O)C(Cc2cn(Cc3cc(F)cc(F)c3)c3ccccc23)S1. The third kappa shape index (κ3) is 3.22. The summed E-state index contributed by atoms with van der Waals surface area (Å²) in [5, 5.41) is 2.45. The van der Waals surface area contributed by atoms with Crippen molar-refractivity contribution in [2.45, 2.75) is 18.2 Å². The number of hydrogen-bond donors (Lipinski definition) is 1. The maximum absolute atomic E-state index is 13.5. The number of para-hydroxylation sites is 1. The number of halogens is 2. The predicted molar refractivity (Wildman–Crippen MR) is 96.0 cm³/mol. The number of carbonyl (C=O) groups is 2. The molecule has 2 aromatic carbocycles. The van der Waals surface area contributed by atoms with E-state index < -0.39 is 16.9 Å². The number of rotatable bonds is 4. The lowest BCUT2D eigenvalue weighted by Gasteiger charge is -2.06. The molecule has 1 saturated heterocycles. The first kappa shape index (κ1) is 16.8. The van der Waals surface area contributed by atoms with Gasteiger partial charge in [0, 0.05) is 29.7 Å². The van der Waals surface area contributed by atoms with Gasteiger partial charge in [0.2, 0.25) is 5.91 Å². The quantitative estimate of drug-likeness (QED) is 0.757. The molecule has 1 aromatic heterocycles. The topological polar surface area (TPSA) is 51.1 Å². The predicted octanol–water partition coefficient (Wildman–Crippen LogP) is 3.86. The fourth-order valence-electron chi connectivity index (χ4n) is 3.24. The van der Waals surface area contributed by atoms with Crippen LogP contribution in [0, 0.1) is 11.6 Å². The summed E-state index contributed by atoms with van der Waals surface area (Å²) in [6, 6.07) is 11.1. The molecule has 26 heavy (non-hydrogen) atoms. The number of carbonyl (C=O) groups excluding carboxylic acids is 2. The van der Waals surface area contributed by atoms with Gasteiger partial charge in [0.15, 0.2) is 0 Å². The molecule has 2 amide bonds. The summed E-state index contributed by atoms with van der Waals surface area (Å²) in [5.41, 5.74) is 2.33. The molecule has 1 unspecified atom stereocenters. The van der Waals surface area contributed by atoms with Crippen molar-refractivity contribution < 1.29 is 18.4 Å². The summed E-state index contributed by atoms with van der Waals surface area (Å²) in [6.07, 6.45) is 2.29. The summed E-state index contributed by atoms with van der Waals surface area (Å²) in [4.78, 5) is 23.2. The zero-order valence-electron chi connectivity index (χ0n) is 13.5. The van der Waals surface area contributed by atoms with E-state index in [9.17, 15) is 18.4 Å². The maximum atomic E-state index is 13.5. The largest absolute Gasteiger partial charge is 0.343 e. The number of benzene rings is 2. The highest BCUT2D eigenvalue weighted by Gasteiger charge is 2.32. The zero-order chi connectivity index (χ0) is 18.3. The molecule has 1 aliphatic heterocycles. The van der Waals surface area contributed by atoms with Gasteiger partial charge in [0.1, 0.15) is 11.6 Å². The van der Waals surface area contributed by atoms with Crippen LogP contribution >= 0.6 is 11.8 Å². The first-order valence-electron chi connectivity index (χ1n) is 8.03. The summed E-state index contributed by atoms with van der Waals surface area (Å²) in [6.45, 7) is 0.304. The number of fused-ring (bicyclic) bond motifs is 1. The number of nitrogens with one attached hydrogen (secondary N) is 1. The van der Waals surface area contributed by atoms with Gasteiger partial charge in [-0.15, -0.1) is 0 Å². The fourth-order valence-corrected chi connectivity index (χ4v) is 4.09. The Labute approximate surface area is 152 Å². The van der Waals surface area contributed by atoms with Crippen LogP contribution < -0.4 is 5.32 Å². The summed E-state index contributed by atoms with van der Waals surface area (Å²) in [5.74, 6) is -1.52. The summed E-state index contributed by atoms with van der Waals surface area (Å²) < 4.78 is 28.8. The molecule has 0 bridgehead atoms. The molecule has 1 atom stereocenters. The Kier molecular flexibility index (Phi) is 4.24. The maximum Gasteiger partial charge on any atom is 0.286 e. The number of hydrogen-bond acceptors (Lipinski definition) is 3. The van der Waals surface area contributed by atoms with Gasteiger partial charge in [-0.25, -0.2) is 8.78 Å². The van der Waals surface area contributed by atoms with Crippen LogP contribution in [0.4, 0.5) is 13.6 Å². The van der Waals surface area contributed by atoms with Gasteiger partial charge in [-0.1, -0.05) is 30.0 Å². The van der Waals surface area contributed by atoms with Gasteiger partial charge in [0.25, 0.3) is 5.24 Å². The van der Waals surface area contributed by atoms with E-state index in [1.165, 1.54) is 12.1 Å². The molecule has 1 aliphatic rings. The highest BCUT2D eigenvalue weighted by atomic mass is 32.2. The number of aromatic nitrogens is 1. The van der Waals surface area contributed by atoms with Crippen LogP contribution in [0.5, 0.6) is 0 Å². The third-order valence-electron chi connectivity index (χ3n) is 4.32. The van der Waals surface area contributed by atoms with Crippen LogP contribution in [0.3, 0.4) is 0 Å². The van der Waals surface area contributed by atoms with E-state index in [0.717, 1.165) is 34.3 Å². The first-order chi connectivity index (χ1) is 12.5. The normalized spacial score (nSPS) is 17.1. The number of amides is 2. The molecule has 0 radical (unpaired) electrons. The minimum atomic E-state index is -0.616. The molecule has 132 valence electrons. The molecular weight excluding hydrogens is 358 g/mol. The Hall–Kier alpha value is -2.67. The lowest BCUT2D eigenvalue weighted by Crippen LogP contribution is -2.25. The van der Waals surface area contributed by atoms with Crippen LogP contribution in [-0.4, -0.2) is 21.0 Å². The van der Waals surface area contributed by atoms with E-state index in [0.29, 0.717) is 18.5 Å². The Morgan fingerprint density at radius 2 is 1.81 bits per heavy atom. The molecule has 4 nitrogen and oxygen atoms in total. The highest BCUT2D eigenvalue weighted by Crippen LogP contribution is 2.29. The van der Waals surface area contributed by atoms with Crippen LogP contribution in [0.1, 0.15) is 11.1 Å². The molecule has 0 aliphatic carbocycles. The van der Waals surface area contributed by atoms with Crippen LogP contribution in [-0.2, 0) is 17.8 Å². The van der Waals surface area contributed by atoms with Gasteiger partial charge in [-0.2, -0.15) is 0 Å². The smallest absolute Gasteiger partial charge is 0.286 e. The molecular formula is C19H14F2N2O2S. The Morgan fingerprint density at radius 3 is 2.50 bits per heavy atom. The van der Waals surface area contributed by atoms with Crippen LogP contribution in [0.2, 0.25) is 0 Å². The van der Waals surface area contributed by atoms with Crippen molar-refractivity contribution in [3.63, 3.8) is 0 Å². The molecule has 0 spiro atoms. The van der Waals surface area contributed by atoms with Crippen molar-refractivity contribution in [1.82, 2.24) is 9.88 Å². The molecule has 1 N–H and O–H groups in total. The second-order valence-corrected chi connectivity index (χ2v) is 7.34. The molecule has 7 heteroatoms. The number of nitrogens with zero attached hydrogens (tertiary/aromatic N) is 1. The van der Waals surface area contributed by atoms with E-state index in [2.05, 4.69) is 5.32 Å². The average molecular weight is 372 g/mol. The minimum absolute atomic E-state index is 0.288. The van der Waals surface area contributed by atoms with Crippen LogP contribution in [0.25, 0.3) is 10.9 Å². The van der Waals surface area contributed by atoms with E-state index >= 15 is 0 Å². The summed E-state index contributed by atoms with van der Waals surface area (Å²) >= 11 is 0.986. The first-order valence-corrected chi connectivity index (χ1v) is 8.91. The molecule has 2 heterocycles. The second kappa shape index (κ2) is 6.57. The average Bonchev–Trinajstić information content (AvgIpc) is 3.07. The van der Waals surface area contributed by atoms with E-state index in [4.69, 9.17) is 0 Å². The van der Waals surface area contributed by atoms with Crippen molar-refractivity contribution in [3.05, 3.63) is 71.4 Å². The molecule has 4 rings (SSSR count). The minimum Gasteiger partial charge on any atom is -0.343 e. The fraction of sp³-hybridized carbons (Fsp3) is 0.158. The van der Waals surface area contributed by atoms with Gasteiger partial charge >= 0.3 is 0 Å². The second-order valence-electron chi connectivity index (χ2n) is 6.16. The molecule has 0 saturated carbocycles. The van der Waals surface area contributed by atoms with Gasteiger partial charge in [-0.05, 0) is 35.7 Å². The van der Waals surface area contributed by atoms with Gasteiger partial charge in [-0.3, -0.25) is 14.9 Å². The monoisotopic (exact) mass is 372 g/mol. The number of thioether (sulfide) groups is 1. The Balaban J connectivity index is 1.69. The lowest BCUT2D eigenvalue weighted by molar-refractivity contribution is -0.118. The Morgan fingerprint density at radius 1 is 1.08 bits per heavy atom. The van der Waals surface area contributed by atoms with E-state index in [1.54, 1.807) is 0 Å². The van der Waals surface area contributed by atoms with Gasteiger partial charge in [0.05, 0.1) is 5.25 Å². The Bertz CT molecular complexity index is 1010. The molecule has 3 aromatic rings. The third-order valence-corrected chi connectivity index (χ3v) is 5.30. The molecule has 1 fully saturated rings. The number of imide groups is 1. The summed E-state index contributed by atoms with van der Waals surface area (Å²) in [7, 11) is 0. The van der Waals surface area contributed by atoms with Crippen LogP contribution in [0.15, 0.2) is 48.7 Å². The van der Waals surface area contributed by atoms with Crippen molar-refractivity contribution >= 4 is 33.8 Å². The van der Waals surface area contributed by atoms with E-state index in [1.807, 2.05) is 35.0 Å². The lowest BCUT2D eigenvalue weighted by atomic mass is 10.1. The zero-order valence-corrected chi connectivity index (χ0v) is 14.4. The van der Waals surface area contributed by atoms with E-state index in [-0.39, 0.29) is 11.1 Å². The van der Waals surface area contributed by atoms with Crippen molar-refractivity contribution in [1.29, 1.82) is 0 Å². The van der Waals surface area contributed by atoms with Crippen molar-refractivity contribution in [2.24, 2.45) is 0 Å². The highest BCUT2D eigenvalue weighted by molar-refractivity contribution is 8.15.